The van der Waals surface area contributed by atoms with Crippen LogP contribution in [-0.4, -0.2) is 78.1 Å². The van der Waals surface area contributed by atoms with Crippen molar-refractivity contribution in [3.63, 3.8) is 0 Å². The fraction of sp³-hybridized carbons (Fsp3) is 0.714. The summed E-state index contributed by atoms with van der Waals surface area (Å²) in [6.45, 7) is 7.54. The average Bonchev–Trinajstić information content (AvgIpc) is 2.94. The van der Waals surface area contributed by atoms with E-state index < -0.39 is 0 Å². The van der Waals surface area contributed by atoms with Gasteiger partial charge in [-0.3, -0.25) is 4.90 Å². The number of nitrogens with one attached hydrogen (secondary N) is 1. The maximum atomic E-state index is 9.91. The fourth-order valence-corrected chi connectivity index (χ4v) is 2.91. The van der Waals surface area contributed by atoms with Crippen molar-refractivity contribution in [1.82, 2.24) is 14.9 Å². The minimum atomic E-state index is -0.357. The molecule has 7 heteroatoms. The third kappa shape index (κ3) is 3.25. The van der Waals surface area contributed by atoms with Gasteiger partial charge < -0.3 is 20.1 Å². The lowest BCUT2D eigenvalue weighted by atomic mass is 10.1. The summed E-state index contributed by atoms with van der Waals surface area (Å²) in [7, 11) is 0. The number of aromatic nitrogens is 2. The van der Waals surface area contributed by atoms with Gasteiger partial charge in [-0.1, -0.05) is 0 Å². The standard InChI is InChI=1S/C14H23N5O2/c1-2-15-13-3-4-16-14(17-13)19-7-5-18(6-8-19)11-9-21-10-12(11)20/h3-4,11-12,20H,2,5-10H2,1H3,(H,15,16,17). The zero-order valence-corrected chi connectivity index (χ0v) is 12.4. The Kier molecular flexibility index (Phi) is 4.52. The number of aliphatic hydroxyl groups is 1. The lowest BCUT2D eigenvalue weighted by Gasteiger charge is -2.38. The van der Waals surface area contributed by atoms with Gasteiger partial charge in [0.15, 0.2) is 0 Å². The normalized spacial score (nSPS) is 27.0. The van der Waals surface area contributed by atoms with Crippen LogP contribution in [0.3, 0.4) is 0 Å². The third-order valence-corrected chi connectivity index (χ3v) is 4.09. The van der Waals surface area contributed by atoms with Gasteiger partial charge in [0.05, 0.1) is 25.4 Å². The topological polar surface area (TPSA) is 73.8 Å². The van der Waals surface area contributed by atoms with Gasteiger partial charge in [0.2, 0.25) is 5.95 Å². The zero-order valence-electron chi connectivity index (χ0n) is 12.4. The Morgan fingerprint density at radius 2 is 2.14 bits per heavy atom. The van der Waals surface area contributed by atoms with Crippen LogP contribution in [0.4, 0.5) is 11.8 Å². The number of ether oxygens (including phenoxy) is 1. The minimum absolute atomic E-state index is 0.140. The highest BCUT2D eigenvalue weighted by molar-refractivity contribution is 5.41. The second-order valence-corrected chi connectivity index (χ2v) is 5.47. The Morgan fingerprint density at radius 1 is 1.33 bits per heavy atom. The molecular weight excluding hydrogens is 270 g/mol. The van der Waals surface area contributed by atoms with Crippen molar-refractivity contribution in [2.45, 2.75) is 19.1 Å². The van der Waals surface area contributed by atoms with Crippen LogP contribution in [0.1, 0.15) is 6.92 Å². The van der Waals surface area contributed by atoms with Crippen LogP contribution in [0.5, 0.6) is 0 Å². The Morgan fingerprint density at radius 3 is 2.81 bits per heavy atom. The largest absolute Gasteiger partial charge is 0.389 e. The first kappa shape index (κ1) is 14.5. The molecule has 0 spiro atoms. The van der Waals surface area contributed by atoms with E-state index in [9.17, 15) is 5.11 Å². The van der Waals surface area contributed by atoms with E-state index in [0.717, 1.165) is 44.5 Å². The molecule has 2 atom stereocenters. The molecule has 3 heterocycles. The number of aliphatic hydroxyl groups excluding tert-OH is 1. The fourth-order valence-electron chi connectivity index (χ4n) is 2.91. The van der Waals surface area contributed by atoms with Crippen LogP contribution in [0.15, 0.2) is 12.3 Å². The summed E-state index contributed by atoms with van der Waals surface area (Å²) in [6.07, 6.45) is 1.44. The monoisotopic (exact) mass is 293 g/mol. The lowest BCUT2D eigenvalue weighted by molar-refractivity contribution is 0.0783. The number of hydrogen-bond acceptors (Lipinski definition) is 7. The van der Waals surface area contributed by atoms with Crippen molar-refractivity contribution >= 4 is 11.8 Å². The van der Waals surface area contributed by atoms with E-state index in [0.29, 0.717) is 13.2 Å². The van der Waals surface area contributed by atoms with Gasteiger partial charge in [0.1, 0.15) is 5.82 Å². The Hall–Kier alpha value is -1.44. The molecule has 2 aliphatic rings. The molecule has 2 aliphatic heterocycles. The molecule has 1 aromatic heterocycles. The molecule has 7 nitrogen and oxygen atoms in total. The number of piperazine rings is 1. The third-order valence-electron chi connectivity index (χ3n) is 4.09. The van der Waals surface area contributed by atoms with Crippen molar-refractivity contribution in [3.05, 3.63) is 12.3 Å². The predicted octanol–water partition coefficient (Wildman–Crippen LogP) is -0.210. The van der Waals surface area contributed by atoms with E-state index in [-0.39, 0.29) is 12.1 Å². The van der Waals surface area contributed by atoms with E-state index >= 15 is 0 Å². The highest BCUT2D eigenvalue weighted by Gasteiger charge is 2.33. The average molecular weight is 293 g/mol. The minimum Gasteiger partial charge on any atom is -0.389 e. The highest BCUT2D eigenvalue weighted by Crippen LogP contribution is 2.18. The van der Waals surface area contributed by atoms with E-state index in [1.165, 1.54) is 0 Å². The van der Waals surface area contributed by atoms with Crippen LogP contribution in [0.2, 0.25) is 0 Å². The quantitative estimate of drug-likeness (QED) is 0.795. The van der Waals surface area contributed by atoms with Gasteiger partial charge in [-0.25, -0.2) is 4.98 Å². The van der Waals surface area contributed by atoms with Crippen molar-refractivity contribution in [1.29, 1.82) is 0 Å². The van der Waals surface area contributed by atoms with E-state index in [4.69, 9.17) is 4.74 Å². The second-order valence-electron chi connectivity index (χ2n) is 5.47. The van der Waals surface area contributed by atoms with Crippen LogP contribution in [-0.2, 0) is 4.74 Å². The maximum Gasteiger partial charge on any atom is 0.227 e. The van der Waals surface area contributed by atoms with E-state index in [2.05, 4.69) is 32.0 Å². The lowest BCUT2D eigenvalue weighted by Crippen LogP contribution is -2.53. The van der Waals surface area contributed by atoms with Gasteiger partial charge in [-0.2, -0.15) is 4.98 Å². The van der Waals surface area contributed by atoms with Gasteiger partial charge in [0, 0.05) is 38.9 Å². The van der Waals surface area contributed by atoms with Gasteiger partial charge in [-0.05, 0) is 13.0 Å². The van der Waals surface area contributed by atoms with Gasteiger partial charge in [0.25, 0.3) is 0 Å². The Bertz CT molecular complexity index is 464. The summed E-state index contributed by atoms with van der Waals surface area (Å²) in [5.74, 6) is 1.64. The maximum absolute atomic E-state index is 9.91. The molecule has 0 bridgehead atoms. The summed E-state index contributed by atoms with van der Waals surface area (Å²) >= 11 is 0. The molecule has 2 N–H and O–H groups in total. The van der Waals surface area contributed by atoms with E-state index in [1.54, 1.807) is 6.20 Å². The molecule has 3 rings (SSSR count). The van der Waals surface area contributed by atoms with Crippen molar-refractivity contribution < 1.29 is 9.84 Å². The molecule has 0 amide bonds. The number of nitrogens with zero attached hydrogens (tertiary/aromatic N) is 4. The molecule has 0 aliphatic carbocycles. The zero-order chi connectivity index (χ0) is 14.7. The Balaban J connectivity index is 1.59. The predicted molar refractivity (Wildman–Crippen MR) is 80.6 cm³/mol. The first-order valence-electron chi connectivity index (χ1n) is 7.59. The van der Waals surface area contributed by atoms with Crippen molar-refractivity contribution in [3.8, 4) is 0 Å². The second kappa shape index (κ2) is 6.55. The number of hydrogen-bond donors (Lipinski definition) is 2. The van der Waals surface area contributed by atoms with Crippen LogP contribution in [0.25, 0.3) is 0 Å². The van der Waals surface area contributed by atoms with Gasteiger partial charge in [-0.15, -0.1) is 0 Å². The molecule has 2 fully saturated rings. The van der Waals surface area contributed by atoms with E-state index in [1.807, 2.05) is 6.07 Å². The molecule has 21 heavy (non-hydrogen) atoms. The SMILES string of the molecule is CCNc1ccnc(N2CCN(C3COCC3O)CC2)n1. The molecule has 2 saturated heterocycles. The molecule has 0 radical (unpaired) electrons. The molecule has 0 aromatic carbocycles. The summed E-state index contributed by atoms with van der Waals surface area (Å²) in [5.41, 5.74) is 0. The summed E-state index contributed by atoms with van der Waals surface area (Å²) < 4.78 is 5.34. The summed E-state index contributed by atoms with van der Waals surface area (Å²) in [4.78, 5) is 13.4. The van der Waals surface area contributed by atoms with Crippen molar-refractivity contribution in [2.75, 3.05) is 56.2 Å². The smallest absolute Gasteiger partial charge is 0.227 e. The molecule has 1 aromatic rings. The number of rotatable bonds is 4. The van der Waals surface area contributed by atoms with Crippen molar-refractivity contribution in [2.24, 2.45) is 0 Å². The molecular formula is C14H23N5O2. The molecule has 0 saturated carbocycles. The number of anilines is 2. The molecule has 116 valence electrons. The highest BCUT2D eigenvalue weighted by atomic mass is 16.5. The Labute approximate surface area is 124 Å². The van der Waals surface area contributed by atoms with Crippen LogP contribution in [0, 0.1) is 0 Å². The van der Waals surface area contributed by atoms with Gasteiger partial charge >= 0.3 is 0 Å². The first-order valence-corrected chi connectivity index (χ1v) is 7.59. The summed E-state index contributed by atoms with van der Waals surface area (Å²) in [5, 5.41) is 13.1. The summed E-state index contributed by atoms with van der Waals surface area (Å²) in [6, 6.07) is 2.02. The van der Waals surface area contributed by atoms with Crippen LogP contribution >= 0.6 is 0 Å². The first-order chi connectivity index (χ1) is 10.3. The molecule has 2 unspecified atom stereocenters. The van der Waals surface area contributed by atoms with Crippen LogP contribution < -0.4 is 10.2 Å².